The van der Waals surface area contributed by atoms with E-state index in [-0.39, 0.29) is 10.6 Å². The highest BCUT2D eigenvalue weighted by Crippen LogP contribution is 2.30. The summed E-state index contributed by atoms with van der Waals surface area (Å²) in [6.07, 6.45) is 3.27. The van der Waals surface area contributed by atoms with Crippen LogP contribution in [0.1, 0.15) is 0 Å². The molecule has 0 saturated heterocycles. The fourth-order valence-corrected chi connectivity index (χ4v) is 3.78. The zero-order valence-electron chi connectivity index (χ0n) is 12.2. The largest absolute Gasteiger partial charge is 0.495 e. The van der Waals surface area contributed by atoms with E-state index in [1.165, 1.54) is 19.2 Å². The molecule has 0 aliphatic heterocycles. The predicted octanol–water partition coefficient (Wildman–Crippen LogP) is 3.70. The third kappa shape index (κ3) is 3.09. The summed E-state index contributed by atoms with van der Waals surface area (Å²) < 4.78 is 33.1. The van der Waals surface area contributed by atoms with E-state index in [0.29, 0.717) is 16.1 Å². The Morgan fingerprint density at radius 2 is 2.00 bits per heavy atom. The van der Waals surface area contributed by atoms with Crippen molar-refractivity contribution in [3.63, 3.8) is 0 Å². The number of ether oxygens (including phenoxy) is 1. The number of rotatable bonds is 4. The van der Waals surface area contributed by atoms with Gasteiger partial charge in [0.1, 0.15) is 10.6 Å². The molecule has 1 aromatic heterocycles. The molecule has 0 radical (unpaired) electrons. The van der Waals surface area contributed by atoms with Crippen molar-refractivity contribution in [1.29, 1.82) is 0 Å². The van der Waals surface area contributed by atoms with E-state index in [2.05, 4.69) is 9.71 Å². The number of aromatic nitrogens is 1. The molecule has 0 amide bonds. The van der Waals surface area contributed by atoms with Gasteiger partial charge in [-0.15, -0.1) is 0 Å². The standard InChI is InChI=1S/C16H13ClN2O3S/c1-22-15-6-5-12(17)9-16(15)23(20,21)19-14-4-2-3-11-7-8-18-10-13(11)14/h2-10,19H,1H3. The molecule has 1 heterocycles. The summed E-state index contributed by atoms with van der Waals surface area (Å²) in [5.41, 5.74) is 0.442. The number of halogens is 1. The minimum atomic E-state index is -3.86. The van der Waals surface area contributed by atoms with Crippen LogP contribution >= 0.6 is 11.6 Å². The number of benzene rings is 2. The normalized spacial score (nSPS) is 11.4. The Balaban J connectivity index is 2.09. The minimum absolute atomic E-state index is 0.0200. The lowest BCUT2D eigenvalue weighted by molar-refractivity contribution is 0.403. The third-order valence-corrected chi connectivity index (χ3v) is 4.96. The van der Waals surface area contributed by atoms with Crippen LogP contribution in [-0.2, 0) is 10.0 Å². The molecule has 3 aromatic rings. The number of anilines is 1. The first-order valence-corrected chi connectivity index (χ1v) is 8.56. The summed E-state index contributed by atoms with van der Waals surface area (Å²) in [7, 11) is -2.45. The van der Waals surface area contributed by atoms with Crippen LogP contribution in [0.15, 0.2) is 59.8 Å². The van der Waals surface area contributed by atoms with Crippen molar-refractivity contribution < 1.29 is 13.2 Å². The molecule has 3 rings (SSSR count). The zero-order chi connectivity index (χ0) is 16.4. The Morgan fingerprint density at radius 3 is 2.78 bits per heavy atom. The van der Waals surface area contributed by atoms with Gasteiger partial charge in [0.2, 0.25) is 0 Å². The molecule has 0 bridgehead atoms. The number of nitrogens with one attached hydrogen (secondary N) is 1. The first-order valence-electron chi connectivity index (χ1n) is 6.70. The van der Waals surface area contributed by atoms with Crippen molar-refractivity contribution in [2.45, 2.75) is 4.90 Å². The molecule has 0 aliphatic carbocycles. The number of nitrogens with zero attached hydrogens (tertiary/aromatic N) is 1. The number of pyridine rings is 1. The average Bonchev–Trinajstić information content (AvgIpc) is 2.55. The SMILES string of the molecule is COc1ccc(Cl)cc1S(=O)(=O)Nc1cccc2ccncc12. The van der Waals surface area contributed by atoms with Crippen LogP contribution < -0.4 is 9.46 Å². The zero-order valence-corrected chi connectivity index (χ0v) is 13.7. The molecule has 0 spiro atoms. The van der Waals surface area contributed by atoms with Crippen molar-refractivity contribution in [2.75, 3.05) is 11.8 Å². The predicted molar refractivity (Wildman–Crippen MR) is 90.6 cm³/mol. The smallest absolute Gasteiger partial charge is 0.265 e. The van der Waals surface area contributed by atoms with Crippen molar-refractivity contribution in [3.05, 3.63) is 59.9 Å². The Morgan fingerprint density at radius 1 is 1.17 bits per heavy atom. The maximum atomic E-state index is 12.7. The van der Waals surface area contributed by atoms with Crippen LogP contribution in [0.25, 0.3) is 10.8 Å². The first-order chi connectivity index (χ1) is 11.0. The van der Waals surface area contributed by atoms with Gasteiger partial charge in [0, 0.05) is 22.8 Å². The maximum absolute atomic E-state index is 12.7. The van der Waals surface area contributed by atoms with Crippen LogP contribution in [-0.4, -0.2) is 20.5 Å². The summed E-state index contributed by atoms with van der Waals surface area (Å²) in [6, 6.07) is 11.6. The Kier molecular flexibility index (Phi) is 4.11. The Bertz CT molecular complexity index is 969. The highest BCUT2D eigenvalue weighted by molar-refractivity contribution is 7.92. The van der Waals surface area contributed by atoms with E-state index in [0.717, 1.165) is 5.39 Å². The monoisotopic (exact) mass is 348 g/mol. The van der Waals surface area contributed by atoms with Gasteiger partial charge < -0.3 is 4.74 Å². The van der Waals surface area contributed by atoms with Crippen LogP contribution in [0.3, 0.4) is 0 Å². The van der Waals surface area contributed by atoms with E-state index >= 15 is 0 Å². The molecule has 7 heteroatoms. The van der Waals surface area contributed by atoms with E-state index in [1.807, 2.05) is 12.1 Å². The van der Waals surface area contributed by atoms with Crippen LogP contribution in [0.2, 0.25) is 5.02 Å². The molecule has 1 N–H and O–H groups in total. The number of hydrogen-bond donors (Lipinski definition) is 1. The van der Waals surface area contributed by atoms with Gasteiger partial charge >= 0.3 is 0 Å². The molecule has 5 nitrogen and oxygen atoms in total. The van der Waals surface area contributed by atoms with Gasteiger partial charge in [-0.25, -0.2) is 8.42 Å². The lowest BCUT2D eigenvalue weighted by Gasteiger charge is -2.13. The number of methoxy groups -OCH3 is 1. The van der Waals surface area contributed by atoms with E-state index < -0.39 is 10.0 Å². The molecule has 0 atom stereocenters. The van der Waals surface area contributed by atoms with Crippen LogP contribution in [0.4, 0.5) is 5.69 Å². The fraction of sp³-hybridized carbons (Fsp3) is 0.0625. The summed E-state index contributed by atoms with van der Waals surface area (Å²) in [5, 5.41) is 1.91. The molecule has 0 aliphatic rings. The summed E-state index contributed by atoms with van der Waals surface area (Å²) in [5.74, 6) is 0.222. The highest BCUT2D eigenvalue weighted by atomic mass is 35.5. The maximum Gasteiger partial charge on any atom is 0.265 e. The van der Waals surface area contributed by atoms with Crippen molar-refractivity contribution in [2.24, 2.45) is 0 Å². The summed E-state index contributed by atoms with van der Waals surface area (Å²) in [4.78, 5) is 4.02. The lowest BCUT2D eigenvalue weighted by atomic mass is 10.1. The van der Waals surface area contributed by atoms with E-state index in [1.54, 1.807) is 30.6 Å². The van der Waals surface area contributed by atoms with Gasteiger partial charge in [-0.05, 0) is 35.7 Å². The Labute approximate surface area is 138 Å². The average molecular weight is 349 g/mol. The van der Waals surface area contributed by atoms with Gasteiger partial charge in [-0.1, -0.05) is 23.7 Å². The molecular weight excluding hydrogens is 336 g/mol. The van der Waals surface area contributed by atoms with Gasteiger partial charge in [0.25, 0.3) is 10.0 Å². The second-order valence-electron chi connectivity index (χ2n) is 4.80. The molecule has 0 saturated carbocycles. The number of sulfonamides is 1. The minimum Gasteiger partial charge on any atom is -0.495 e. The van der Waals surface area contributed by atoms with Crippen molar-refractivity contribution in [3.8, 4) is 5.75 Å². The molecular formula is C16H13ClN2O3S. The van der Waals surface area contributed by atoms with E-state index in [9.17, 15) is 8.42 Å². The van der Waals surface area contributed by atoms with Crippen molar-refractivity contribution >= 4 is 38.1 Å². The van der Waals surface area contributed by atoms with Gasteiger partial charge in [-0.2, -0.15) is 0 Å². The highest BCUT2D eigenvalue weighted by Gasteiger charge is 2.21. The fourth-order valence-electron chi connectivity index (χ4n) is 2.26. The summed E-state index contributed by atoms with van der Waals surface area (Å²) >= 11 is 5.92. The third-order valence-electron chi connectivity index (χ3n) is 3.34. The lowest BCUT2D eigenvalue weighted by Crippen LogP contribution is -2.14. The molecule has 118 valence electrons. The Hall–Kier alpha value is -2.31. The van der Waals surface area contributed by atoms with Crippen molar-refractivity contribution in [1.82, 2.24) is 4.98 Å². The van der Waals surface area contributed by atoms with Gasteiger partial charge in [0.05, 0.1) is 12.8 Å². The topological polar surface area (TPSA) is 68.3 Å². The first kappa shape index (κ1) is 15.6. The quantitative estimate of drug-likeness (QED) is 0.780. The number of fused-ring (bicyclic) bond motifs is 1. The van der Waals surface area contributed by atoms with Crippen LogP contribution in [0.5, 0.6) is 5.75 Å². The molecule has 0 fully saturated rings. The molecule has 0 unspecified atom stereocenters. The van der Waals surface area contributed by atoms with E-state index in [4.69, 9.17) is 16.3 Å². The molecule has 23 heavy (non-hydrogen) atoms. The van der Waals surface area contributed by atoms with Gasteiger partial charge in [-0.3, -0.25) is 9.71 Å². The van der Waals surface area contributed by atoms with Gasteiger partial charge in [0.15, 0.2) is 0 Å². The molecule has 2 aromatic carbocycles. The second kappa shape index (κ2) is 6.06. The number of hydrogen-bond acceptors (Lipinski definition) is 4. The second-order valence-corrected chi connectivity index (χ2v) is 6.89. The summed E-state index contributed by atoms with van der Waals surface area (Å²) in [6.45, 7) is 0. The van der Waals surface area contributed by atoms with Crippen LogP contribution in [0, 0.1) is 0 Å².